The molecule has 0 aliphatic rings. The number of carbonyl (C=O) groups is 2. The molecule has 0 amide bonds. The van der Waals surface area contributed by atoms with Crippen LogP contribution in [0.4, 0.5) is 0 Å². The van der Waals surface area contributed by atoms with Crippen LogP contribution in [0.25, 0.3) is 21.5 Å². The van der Waals surface area contributed by atoms with Gasteiger partial charge < -0.3 is 28.4 Å². The first-order valence-electron chi connectivity index (χ1n) is 18.7. The lowest BCUT2D eigenvalue weighted by molar-refractivity contribution is -0.155. The average Bonchev–Trinajstić information content (AvgIpc) is 3.09. The van der Waals surface area contributed by atoms with Gasteiger partial charge in [-0.2, -0.15) is 0 Å². The summed E-state index contributed by atoms with van der Waals surface area (Å²) < 4.78 is 36.5. The van der Waals surface area contributed by atoms with Crippen LogP contribution in [0.5, 0.6) is 11.5 Å². The van der Waals surface area contributed by atoms with E-state index in [9.17, 15) is 9.59 Å². The predicted molar refractivity (Wildman–Crippen MR) is 197 cm³/mol. The Bertz CT molecular complexity index is 1400. The number of esters is 2. The Morgan fingerprint density at radius 2 is 1.02 bits per heavy atom. The van der Waals surface area contributed by atoms with Crippen molar-refractivity contribution >= 4 is 33.5 Å². The van der Waals surface area contributed by atoms with Gasteiger partial charge in [0.15, 0.2) is 12.2 Å². The van der Waals surface area contributed by atoms with Gasteiger partial charge in [-0.05, 0) is 38.7 Å². The second-order valence-corrected chi connectivity index (χ2v) is 12.9. The van der Waals surface area contributed by atoms with E-state index >= 15 is 0 Å². The Labute approximate surface area is 294 Å². The fourth-order valence-corrected chi connectivity index (χ4v) is 5.71. The molecule has 0 aliphatic heterocycles. The van der Waals surface area contributed by atoms with Crippen molar-refractivity contribution in [1.29, 1.82) is 0 Å². The molecule has 0 bridgehead atoms. The number of rotatable bonds is 26. The number of unbranched alkanes of at least 4 members (excludes halogenated alkanes) is 6. The van der Waals surface area contributed by atoms with Crippen molar-refractivity contribution in [3.63, 3.8) is 0 Å². The van der Waals surface area contributed by atoms with E-state index in [1.807, 2.05) is 50.2 Å². The van der Waals surface area contributed by atoms with E-state index in [1.54, 1.807) is 0 Å². The largest absolute Gasteiger partial charge is 0.488 e. The van der Waals surface area contributed by atoms with Gasteiger partial charge in [0.05, 0.1) is 13.2 Å². The lowest BCUT2D eigenvalue weighted by Crippen LogP contribution is -2.30. The summed E-state index contributed by atoms with van der Waals surface area (Å²) in [6.07, 6.45) is 9.54. The molecule has 3 rings (SSSR count). The molecule has 8 heteroatoms. The maximum Gasteiger partial charge on any atom is 0.306 e. The summed E-state index contributed by atoms with van der Waals surface area (Å²) in [5.41, 5.74) is 1.07. The predicted octanol–water partition coefficient (Wildman–Crippen LogP) is 9.68. The van der Waals surface area contributed by atoms with E-state index in [4.69, 9.17) is 28.4 Å². The normalized spacial score (nSPS) is 12.6. The summed E-state index contributed by atoms with van der Waals surface area (Å²) in [4.78, 5) is 25.5. The van der Waals surface area contributed by atoms with E-state index in [0.29, 0.717) is 37.6 Å². The molecule has 3 aromatic carbocycles. The SMILES string of the molecule is CCCCCCC(=O)OC(COCCC)COc1c2ccccc2c(OCC(COCCC)OC(=O)CCCCCC)c2cc(C)ccc12. The number of benzene rings is 3. The Morgan fingerprint density at radius 1 is 0.551 bits per heavy atom. The molecule has 0 heterocycles. The van der Waals surface area contributed by atoms with Gasteiger partial charge in [0.1, 0.15) is 24.7 Å². The Morgan fingerprint density at radius 3 is 1.49 bits per heavy atom. The first-order valence-corrected chi connectivity index (χ1v) is 18.7. The van der Waals surface area contributed by atoms with Crippen molar-refractivity contribution in [2.75, 3.05) is 39.6 Å². The molecular formula is C41H60O8. The summed E-state index contributed by atoms with van der Waals surface area (Å²) in [7, 11) is 0. The third-order valence-corrected chi connectivity index (χ3v) is 8.28. The van der Waals surface area contributed by atoms with Gasteiger partial charge >= 0.3 is 11.9 Å². The average molecular weight is 681 g/mol. The fraction of sp³-hybridized carbons (Fsp3) is 0.610. The molecule has 272 valence electrons. The Balaban J connectivity index is 1.87. The molecule has 0 N–H and O–H groups in total. The van der Waals surface area contributed by atoms with Crippen LogP contribution >= 0.6 is 0 Å². The highest BCUT2D eigenvalue weighted by atomic mass is 16.6. The number of fused-ring (bicyclic) bond motifs is 2. The topological polar surface area (TPSA) is 89.5 Å². The lowest BCUT2D eigenvalue weighted by atomic mass is 9.99. The van der Waals surface area contributed by atoms with Crippen molar-refractivity contribution in [2.45, 2.75) is 124 Å². The number of hydrogen-bond donors (Lipinski definition) is 0. The summed E-state index contributed by atoms with van der Waals surface area (Å²) in [6, 6.07) is 14.1. The first kappa shape index (κ1) is 40.1. The zero-order chi connectivity index (χ0) is 35.3. The summed E-state index contributed by atoms with van der Waals surface area (Å²) in [5, 5.41) is 3.52. The van der Waals surface area contributed by atoms with E-state index in [0.717, 1.165) is 91.3 Å². The molecule has 49 heavy (non-hydrogen) atoms. The van der Waals surface area contributed by atoms with Gasteiger partial charge in [0, 0.05) is 47.6 Å². The van der Waals surface area contributed by atoms with Crippen LogP contribution in [0.15, 0.2) is 42.5 Å². The highest BCUT2D eigenvalue weighted by Gasteiger charge is 2.22. The minimum absolute atomic E-state index is 0.155. The van der Waals surface area contributed by atoms with Crippen LogP contribution in [0.2, 0.25) is 0 Å². The summed E-state index contributed by atoms with van der Waals surface area (Å²) in [6.45, 7) is 12.5. The maximum atomic E-state index is 12.7. The van der Waals surface area contributed by atoms with Crippen molar-refractivity contribution in [2.24, 2.45) is 0 Å². The maximum absolute atomic E-state index is 12.7. The van der Waals surface area contributed by atoms with Crippen LogP contribution in [0.1, 0.15) is 110 Å². The highest BCUT2D eigenvalue weighted by Crippen LogP contribution is 2.43. The van der Waals surface area contributed by atoms with E-state index in [-0.39, 0.29) is 38.4 Å². The van der Waals surface area contributed by atoms with Gasteiger partial charge in [-0.3, -0.25) is 9.59 Å². The number of hydrogen-bond acceptors (Lipinski definition) is 8. The van der Waals surface area contributed by atoms with Gasteiger partial charge in [0.2, 0.25) is 0 Å². The smallest absolute Gasteiger partial charge is 0.306 e. The first-order chi connectivity index (χ1) is 23.9. The Kier molecular flexibility index (Phi) is 18.9. The van der Waals surface area contributed by atoms with Crippen LogP contribution in [-0.4, -0.2) is 63.8 Å². The van der Waals surface area contributed by atoms with Crippen LogP contribution in [0, 0.1) is 6.92 Å². The van der Waals surface area contributed by atoms with Crippen molar-refractivity contribution < 1.29 is 38.0 Å². The van der Waals surface area contributed by atoms with Gasteiger partial charge in [-0.25, -0.2) is 0 Å². The van der Waals surface area contributed by atoms with Gasteiger partial charge in [-0.1, -0.05) is 108 Å². The van der Waals surface area contributed by atoms with E-state index < -0.39 is 12.2 Å². The number of carbonyl (C=O) groups excluding carboxylic acids is 2. The number of aryl methyl sites for hydroxylation is 1. The minimum atomic E-state index is -0.541. The van der Waals surface area contributed by atoms with Crippen molar-refractivity contribution in [1.82, 2.24) is 0 Å². The van der Waals surface area contributed by atoms with Crippen molar-refractivity contribution in [3.05, 3.63) is 48.0 Å². The zero-order valence-electron chi connectivity index (χ0n) is 30.7. The fourth-order valence-electron chi connectivity index (χ4n) is 5.71. The summed E-state index contributed by atoms with van der Waals surface area (Å²) >= 11 is 0. The standard InChI is InChI=1S/C41H60O8/c1-6-10-12-14-20-38(42)48-32(27-44-24-8-3)29-46-40-34-18-16-17-19-35(34)41(37-26-31(5)22-23-36(37)40)47-30-33(28-45-25-9-4)49-39(43)21-15-13-11-7-2/h16-19,22-23,26,32-33H,6-15,20-21,24-25,27-30H2,1-5H3. The third-order valence-electron chi connectivity index (χ3n) is 8.28. The molecule has 2 atom stereocenters. The molecular weight excluding hydrogens is 620 g/mol. The number of ether oxygens (including phenoxy) is 6. The minimum Gasteiger partial charge on any atom is -0.488 e. The van der Waals surface area contributed by atoms with Gasteiger partial charge in [0.25, 0.3) is 0 Å². The zero-order valence-corrected chi connectivity index (χ0v) is 30.7. The Hall–Kier alpha value is -3.36. The summed E-state index contributed by atoms with van der Waals surface area (Å²) in [5.74, 6) is 0.942. The van der Waals surface area contributed by atoms with Crippen LogP contribution in [0.3, 0.4) is 0 Å². The molecule has 0 aromatic heterocycles. The molecule has 8 nitrogen and oxygen atoms in total. The lowest BCUT2D eigenvalue weighted by Gasteiger charge is -2.23. The molecule has 0 fully saturated rings. The molecule has 0 spiro atoms. The highest BCUT2D eigenvalue weighted by molar-refractivity contribution is 6.11. The molecule has 0 radical (unpaired) electrons. The third kappa shape index (κ3) is 13.8. The molecule has 2 unspecified atom stereocenters. The second-order valence-electron chi connectivity index (χ2n) is 12.9. The molecule has 3 aromatic rings. The van der Waals surface area contributed by atoms with E-state index in [1.165, 1.54) is 0 Å². The van der Waals surface area contributed by atoms with Gasteiger partial charge in [-0.15, -0.1) is 0 Å². The monoisotopic (exact) mass is 680 g/mol. The second kappa shape index (κ2) is 23.1. The van der Waals surface area contributed by atoms with Crippen LogP contribution < -0.4 is 9.47 Å². The molecule has 0 aliphatic carbocycles. The van der Waals surface area contributed by atoms with Crippen molar-refractivity contribution in [3.8, 4) is 11.5 Å². The quantitative estimate of drug-likeness (QED) is 0.0470. The molecule has 0 saturated heterocycles. The molecule has 0 saturated carbocycles. The van der Waals surface area contributed by atoms with E-state index in [2.05, 4.69) is 26.8 Å². The van der Waals surface area contributed by atoms with Crippen LogP contribution in [-0.2, 0) is 28.5 Å².